The smallest absolute Gasteiger partial charge is 0.253 e. The summed E-state index contributed by atoms with van der Waals surface area (Å²) in [5.74, 6) is -0.853. The summed E-state index contributed by atoms with van der Waals surface area (Å²) in [6.07, 6.45) is 0.682. The van der Waals surface area contributed by atoms with Gasteiger partial charge in [0.15, 0.2) is 0 Å². The van der Waals surface area contributed by atoms with E-state index < -0.39 is 5.82 Å². The van der Waals surface area contributed by atoms with Gasteiger partial charge >= 0.3 is 0 Å². The van der Waals surface area contributed by atoms with Crippen molar-refractivity contribution in [2.45, 2.75) is 6.42 Å². The van der Waals surface area contributed by atoms with E-state index in [0.29, 0.717) is 19.5 Å². The molecule has 15 heavy (non-hydrogen) atoms. The first-order valence-corrected chi connectivity index (χ1v) is 4.68. The normalized spacial score (nSPS) is 10.0. The third-order valence-electron chi connectivity index (χ3n) is 1.93. The lowest BCUT2D eigenvalue weighted by Crippen LogP contribution is -2.26. The molecule has 0 atom stereocenters. The number of nitrogens with two attached hydrogens (primary N) is 2. The molecule has 0 aliphatic rings. The molecule has 1 rings (SSSR count). The Kier molecular flexibility index (Phi) is 4.05. The lowest BCUT2D eigenvalue weighted by Gasteiger charge is -2.06. The van der Waals surface area contributed by atoms with Gasteiger partial charge in [0.25, 0.3) is 5.91 Å². The van der Waals surface area contributed by atoms with Crippen LogP contribution in [0.1, 0.15) is 16.8 Å². The fraction of sp³-hybridized carbons (Fsp3) is 0.300. The van der Waals surface area contributed by atoms with Gasteiger partial charge in [-0.05, 0) is 31.2 Å². The summed E-state index contributed by atoms with van der Waals surface area (Å²) in [5, 5.41) is 2.60. The average molecular weight is 211 g/mol. The molecule has 5 heteroatoms. The van der Waals surface area contributed by atoms with Crippen molar-refractivity contribution in [1.82, 2.24) is 5.32 Å². The molecule has 0 aliphatic carbocycles. The number of hydrogen-bond donors (Lipinski definition) is 3. The molecule has 0 heterocycles. The van der Waals surface area contributed by atoms with Crippen LogP contribution in [0.15, 0.2) is 18.2 Å². The molecule has 4 nitrogen and oxygen atoms in total. The number of carbonyl (C=O) groups is 1. The van der Waals surface area contributed by atoms with Crippen LogP contribution in [0.3, 0.4) is 0 Å². The van der Waals surface area contributed by atoms with Crippen molar-refractivity contribution >= 4 is 11.6 Å². The molecule has 0 saturated carbocycles. The van der Waals surface area contributed by atoms with E-state index in [1.54, 1.807) is 0 Å². The maximum Gasteiger partial charge on any atom is 0.253 e. The van der Waals surface area contributed by atoms with Crippen LogP contribution in [0.5, 0.6) is 0 Å². The van der Waals surface area contributed by atoms with Crippen molar-refractivity contribution in [2.24, 2.45) is 5.73 Å². The Bertz CT molecular complexity index is 355. The maximum absolute atomic E-state index is 12.8. The van der Waals surface area contributed by atoms with E-state index in [9.17, 15) is 9.18 Å². The lowest BCUT2D eigenvalue weighted by molar-refractivity contribution is 0.0954. The van der Waals surface area contributed by atoms with Gasteiger partial charge in [0.05, 0.1) is 5.56 Å². The predicted octanol–water partition coefficient (Wildman–Crippen LogP) is 0.486. The van der Waals surface area contributed by atoms with E-state index in [2.05, 4.69) is 5.32 Å². The molecule has 1 aromatic rings. The van der Waals surface area contributed by atoms with Gasteiger partial charge in [-0.3, -0.25) is 4.79 Å². The third-order valence-corrected chi connectivity index (χ3v) is 1.93. The van der Waals surface area contributed by atoms with Crippen molar-refractivity contribution < 1.29 is 9.18 Å². The number of rotatable bonds is 4. The largest absolute Gasteiger partial charge is 0.398 e. The highest BCUT2D eigenvalue weighted by molar-refractivity contribution is 5.99. The summed E-state index contributed by atoms with van der Waals surface area (Å²) in [5.41, 5.74) is 11.2. The molecule has 5 N–H and O–H groups in total. The van der Waals surface area contributed by atoms with Crippen LogP contribution in [0.2, 0.25) is 0 Å². The number of anilines is 1. The van der Waals surface area contributed by atoms with Crippen LogP contribution >= 0.6 is 0 Å². The summed E-state index contributed by atoms with van der Waals surface area (Å²) >= 11 is 0. The van der Waals surface area contributed by atoms with Gasteiger partial charge < -0.3 is 16.8 Å². The van der Waals surface area contributed by atoms with Crippen LogP contribution in [0.25, 0.3) is 0 Å². The monoisotopic (exact) mass is 211 g/mol. The Morgan fingerprint density at radius 3 is 2.87 bits per heavy atom. The molecule has 0 bridgehead atoms. The van der Waals surface area contributed by atoms with Crippen molar-refractivity contribution in [2.75, 3.05) is 18.8 Å². The highest BCUT2D eigenvalue weighted by atomic mass is 19.1. The Morgan fingerprint density at radius 2 is 2.20 bits per heavy atom. The molecule has 0 spiro atoms. The quantitative estimate of drug-likeness (QED) is 0.500. The van der Waals surface area contributed by atoms with Gasteiger partial charge in [-0.25, -0.2) is 4.39 Å². The zero-order valence-corrected chi connectivity index (χ0v) is 8.29. The molecule has 0 radical (unpaired) electrons. The molecule has 0 saturated heterocycles. The zero-order valence-electron chi connectivity index (χ0n) is 8.29. The molecule has 82 valence electrons. The summed E-state index contributed by atoms with van der Waals surface area (Å²) < 4.78 is 12.8. The first-order chi connectivity index (χ1) is 7.15. The second-order valence-electron chi connectivity index (χ2n) is 3.13. The fourth-order valence-electron chi connectivity index (χ4n) is 1.12. The Morgan fingerprint density at radius 1 is 1.47 bits per heavy atom. The molecule has 0 fully saturated rings. The van der Waals surface area contributed by atoms with Crippen LogP contribution < -0.4 is 16.8 Å². The number of nitrogens with one attached hydrogen (secondary N) is 1. The van der Waals surface area contributed by atoms with Crippen LogP contribution in [0.4, 0.5) is 10.1 Å². The molecule has 0 unspecified atom stereocenters. The minimum absolute atomic E-state index is 0.159. The predicted molar refractivity (Wildman–Crippen MR) is 56.8 cm³/mol. The van der Waals surface area contributed by atoms with E-state index in [1.807, 2.05) is 0 Å². The lowest BCUT2D eigenvalue weighted by atomic mass is 10.1. The molecule has 0 aliphatic heterocycles. The van der Waals surface area contributed by atoms with Gasteiger partial charge in [0, 0.05) is 12.2 Å². The average Bonchev–Trinajstić information content (AvgIpc) is 2.22. The zero-order chi connectivity index (χ0) is 11.3. The van der Waals surface area contributed by atoms with Crippen LogP contribution in [-0.4, -0.2) is 19.0 Å². The van der Waals surface area contributed by atoms with E-state index in [1.165, 1.54) is 12.1 Å². The first-order valence-electron chi connectivity index (χ1n) is 4.68. The molecular formula is C10H14FN3O. The highest BCUT2D eigenvalue weighted by Crippen LogP contribution is 2.12. The minimum Gasteiger partial charge on any atom is -0.398 e. The highest BCUT2D eigenvalue weighted by Gasteiger charge is 2.09. The van der Waals surface area contributed by atoms with E-state index >= 15 is 0 Å². The van der Waals surface area contributed by atoms with E-state index in [4.69, 9.17) is 11.5 Å². The fourth-order valence-corrected chi connectivity index (χ4v) is 1.12. The van der Waals surface area contributed by atoms with Gasteiger partial charge in [0.1, 0.15) is 5.82 Å². The van der Waals surface area contributed by atoms with Crippen molar-refractivity contribution in [1.29, 1.82) is 0 Å². The second-order valence-corrected chi connectivity index (χ2v) is 3.13. The molecular weight excluding hydrogens is 197 g/mol. The van der Waals surface area contributed by atoms with Crippen LogP contribution in [0, 0.1) is 5.82 Å². The molecule has 1 amide bonds. The standard InChI is InChI=1S/C10H14FN3O/c11-7-2-3-9(13)8(6-7)10(15)14-5-1-4-12/h2-3,6H,1,4-5,12-13H2,(H,14,15). The Balaban J connectivity index is 2.68. The topological polar surface area (TPSA) is 81.1 Å². The second kappa shape index (κ2) is 5.31. The Labute approximate surface area is 87.4 Å². The van der Waals surface area contributed by atoms with E-state index in [0.717, 1.165) is 6.07 Å². The van der Waals surface area contributed by atoms with Gasteiger partial charge in [-0.15, -0.1) is 0 Å². The Hall–Kier alpha value is -1.62. The number of amides is 1. The summed E-state index contributed by atoms with van der Waals surface area (Å²) in [7, 11) is 0. The number of hydrogen-bond acceptors (Lipinski definition) is 3. The van der Waals surface area contributed by atoms with Crippen LogP contribution in [-0.2, 0) is 0 Å². The summed E-state index contributed by atoms with van der Waals surface area (Å²) in [6, 6.07) is 3.70. The third kappa shape index (κ3) is 3.21. The van der Waals surface area contributed by atoms with E-state index in [-0.39, 0.29) is 17.2 Å². The van der Waals surface area contributed by atoms with Gasteiger partial charge in [-0.1, -0.05) is 0 Å². The summed E-state index contributed by atoms with van der Waals surface area (Å²) in [4.78, 5) is 11.5. The van der Waals surface area contributed by atoms with Crippen molar-refractivity contribution in [3.8, 4) is 0 Å². The number of carbonyl (C=O) groups excluding carboxylic acids is 1. The number of nitrogen functional groups attached to an aromatic ring is 1. The number of halogens is 1. The molecule has 1 aromatic carbocycles. The van der Waals surface area contributed by atoms with Gasteiger partial charge in [0.2, 0.25) is 0 Å². The first kappa shape index (κ1) is 11.5. The van der Waals surface area contributed by atoms with Gasteiger partial charge in [-0.2, -0.15) is 0 Å². The van der Waals surface area contributed by atoms with Crippen molar-refractivity contribution in [3.05, 3.63) is 29.6 Å². The minimum atomic E-state index is -0.479. The molecule has 0 aromatic heterocycles. The summed E-state index contributed by atoms with van der Waals surface area (Å²) in [6.45, 7) is 0.962. The maximum atomic E-state index is 12.8. The van der Waals surface area contributed by atoms with Crippen molar-refractivity contribution in [3.63, 3.8) is 0 Å². The number of benzene rings is 1. The SMILES string of the molecule is NCCCNC(=O)c1cc(F)ccc1N.